The molecule has 6 nitrogen and oxygen atoms in total. The number of piperazine rings is 1. The number of guanidine groups is 1. The minimum atomic E-state index is 0.610. The number of aliphatic imine (C=N–C) groups is 1. The molecule has 2 heterocycles. The molecule has 2 saturated heterocycles. The number of hydrogen-bond acceptors (Lipinski definition) is 4. The van der Waals surface area contributed by atoms with Gasteiger partial charge < -0.3 is 19.9 Å². The zero-order chi connectivity index (χ0) is 19.1. The van der Waals surface area contributed by atoms with E-state index in [4.69, 9.17) is 4.74 Å². The molecule has 2 aliphatic rings. The van der Waals surface area contributed by atoms with Crippen LogP contribution in [0.5, 0.6) is 5.75 Å². The molecule has 0 bridgehead atoms. The maximum Gasteiger partial charge on any atom is 0.193 e. The van der Waals surface area contributed by atoms with Crippen LogP contribution < -0.4 is 15.0 Å². The SMILES string of the molecule is CCC(CNC(=NC)N1CCN(c2ccccc2OC)CC1)N1CCCC1. The van der Waals surface area contributed by atoms with Gasteiger partial charge in [-0.05, 0) is 44.5 Å². The molecule has 150 valence electrons. The highest BCUT2D eigenvalue weighted by Crippen LogP contribution is 2.28. The Balaban J connectivity index is 1.52. The van der Waals surface area contributed by atoms with E-state index in [-0.39, 0.29) is 0 Å². The Morgan fingerprint density at radius 2 is 1.81 bits per heavy atom. The number of methoxy groups -OCH3 is 1. The monoisotopic (exact) mass is 373 g/mol. The summed E-state index contributed by atoms with van der Waals surface area (Å²) in [7, 11) is 3.64. The van der Waals surface area contributed by atoms with Crippen LogP contribution in [0.15, 0.2) is 29.3 Å². The summed E-state index contributed by atoms with van der Waals surface area (Å²) in [5.41, 5.74) is 1.18. The first-order valence-corrected chi connectivity index (χ1v) is 10.3. The van der Waals surface area contributed by atoms with Crippen LogP contribution in [-0.2, 0) is 0 Å². The molecule has 3 rings (SSSR count). The average Bonchev–Trinajstić information content (AvgIpc) is 3.26. The molecule has 1 aromatic carbocycles. The van der Waals surface area contributed by atoms with Crippen molar-refractivity contribution in [3.05, 3.63) is 24.3 Å². The van der Waals surface area contributed by atoms with Crippen molar-refractivity contribution in [2.24, 2.45) is 4.99 Å². The third-order valence-corrected chi connectivity index (χ3v) is 5.84. The number of likely N-dealkylation sites (tertiary alicyclic amines) is 1. The van der Waals surface area contributed by atoms with Crippen LogP contribution in [-0.4, -0.2) is 81.8 Å². The molecule has 1 unspecified atom stereocenters. The van der Waals surface area contributed by atoms with E-state index in [1.54, 1.807) is 7.11 Å². The van der Waals surface area contributed by atoms with Crippen molar-refractivity contribution in [3.63, 3.8) is 0 Å². The van der Waals surface area contributed by atoms with Gasteiger partial charge in [0.15, 0.2) is 5.96 Å². The number of nitrogens with one attached hydrogen (secondary N) is 1. The lowest BCUT2D eigenvalue weighted by molar-refractivity contribution is 0.234. The molecular formula is C21H35N5O. The summed E-state index contributed by atoms with van der Waals surface area (Å²) in [6, 6.07) is 8.89. The Morgan fingerprint density at radius 3 is 2.44 bits per heavy atom. The van der Waals surface area contributed by atoms with Gasteiger partial charge in [-0.3, -0.25) is 9.89 Å². The van der Waals surface area contributed by atoms with Gasteiger partial charge in [-0.25, -0.2) is 0 Å². The van der Waals surface area contributed by atoms with Gasteiger partial charge in [0.25, 0.3) is 0 Å². The van der Waals surface area contributed by atoms with E-state index >= 15 is 0 Å². The molecule has 6 heteroatoms. The van der Waals surface area contributed by atoms with Gasteiger partial charge in [-0.15, -0.1) is 0 Å². The van der Waals surface area contributed by atoms with Crippen LogP contribution >= 0.6 is 0 Å². The van der Waals surface area contributed by atoms with Crippen molar-refractivity contribution in [3.8, 4) is 5.75 Å². The van der Waals surface area contributed by atoms with Crippen LogP contribution in [0.25, 0.3) is 0 Å². The molecule has 0 amide bonds. The van der Waals surface area contributed by atoms with Crippen molar-refractivity contribution in [1.82, 2.24) is 15.1 Å². The number of nitrogens with zero attached hydrogens (tertiary/aromatic N) is 4. The van der Waals surface area contributed by atoms with Crippen molar-refractivity contribution in [2.45, 2.75) is 32.2 Å². The first kappa shape index (κ1) is 19.8. The lowest BCUT2D eigenvalue weighted by Gasteiger charge is -2.38. The molecule has 1 aromatic rings. The molecule has 0 saturated carbocycles. The van der Waals surface area contributed by atoms with Gasteiger partial charge in [0, 0.05) is 45.8 Å². The summed E-state index contributed by atoms with van der Waals surface area (Å²) in [5.74, 6) is 1.98. The van der Waals surface area contributed by atoms with Crippen molar-refractivity contribution in [2.75, 3.05) is 64.9 Å². The molecule has 0 aromatic heterocycles. The van der Waals surface area contributed by atoms with E-state index in [9.17, 15) is 0 Å². The highest BCUT2D eigenvalue weighted by atomic mass is 16.5. The van der Waals surface area contributed by atoms with Crippen molar-refractivity contribution >= 4 is 11.6 Å². The highest BCUT2D eigenvalue weighted by Gasteiger charge is 2.24. The minimum Gasteiger partial charge on any atom is -0.495 e. The van der Waals surface area contributed by atoms with Crippen molar-refractivity contribution < 1.29 is 4.74 Å². The largest absolute Gasteiger partial charge is 0.495 e. The fourth-order valence-corrected chi connectivity index (χ4v) is 4.23. The van der Waals surface area contributed by atoms with Gasteiger partial charge in [0.05, 0.1) is 12.8 Å². The van der Waals surface area contributed by atoms with E-state index in [0.717, 1.165) is 44.4 Å². The van der Waals surface area contributed by atoms with E-state index in [0.29, 0.717) is 6.04 Å². The first-order chi connectivity index (χ1) is 13.3. The number of para-hydroxylation sites is 2. The molecule has 1 N–H and O–H groups in total. The summed E-state index contributed by atoms with van der Waals surface area (Å²) < 4.78 is 5.52. The van der Waals surface area contributed by atoms with Gasteiger partial charge in [0.2, 0.25) is 0 Å². The molecule has 2 aliphatic heterocycles. The van der Waals surface area contributed by atoms with E-state index in [1.807, 2.05) is 19.2 Å². The topological polar surface area (TPSA) is 43.3 Å². The predicted molar refractivity (Wildman–Crippen MR) is 113 cm³/mol. The Labute approximate surface area is 164 Å². The fraction of sp³-hybridized carbons (Fsp3) is 0.667. The molecule has 0 spiro atoms. The zero-order valence-corrected chi connectivity index (χ0v) is 17.2. The number of benzene rings is 1. The van der Waals surface area contributed by atoms with Crippen molar-refractivity contribution in [1.29, 1.82) is 0 Å². The fourth-order valence-electron chi connectivity index (χ4n) is 4.23. The lowest BCUT2D eigenvalue weighted by Crippen LogP contribution is -2.54. The van der Waals surface area contributed by atoms with Gasteiger partial charge >= 0.3 is 0 Å². The molecule has 0 aliphatic carbocycles. The molecular weight excluding hydrogens is 338 g/mol. The zero-order valence-electron chi connectivity index (χ0n) is 17.2. The first-order valence-electron chi connectivity index (χ1n) is 10.3. The summed E-state index contributed by atoms with van der Waals surface area (Å²) in [6.45, 7) is 9.66. The maximum atomic E-state index is 5.52. The van der Waals surface area contributed by atoms with Crippen LogP contribution in [0.2, 0.25) is 0 Å². The second kappa shape index (κ2) is 9.83. The van der Waals surface area contributed by atoms with E-state index in [1.165, 1.54) is 38.0 Å². The molecule has 1 atom stereocenters. The summed E-state index contributed by atoms with van der Waals surface area (Å²) in [4.78, 5) is 12.0. The van der Waals surface area contributed by atoms with Crippen LogP contribution in [0.4, 0.5) is 5.69 Å². The second-order valence-corrected chi connectivity index (χ2v) is 7.38. The summed E-state index contributed by atoms with van der Waals surface area (Å²) in [6.07, 6.45) is 3.87. The van der Waals surface area contributed by atoms with E-state index in [2.05, 4.69) is 44.1 Å². The van der Waals surface area contributed by atoms with Gasteiger partial charge in [-0.1, -0.05) is 19.1 Å². The second-order valence-electron chi connectivity index (χ2n) is 7.38. The number of rotatable bonds is 6. The molecule has 2 fully saturated rings. The smallest absolute Gasteiger partial charge is 0.193 e. The minimum absolute atomic E-state index is 0.610. The predicted octanol–water partition coefficient (Wildman–Crippen LogP) is 2.27. The third-order valence-electron chi connectivity index (χ3n) is 5.84. The maximum absolute atomic E-state index is 5.52. The quantitative estimate of drug-likeness (QED) is 0.612. The number of anilines is 1. The Morgan fingerprint density at radius 1 is 1.11 bits per heavy atom. The van der Waals surface area contributed by atoms with Crippen LogP contribution in [0.3, 0.4) is 0 Å². The number of ether oxygens (including phenoxy) is 1. The lowest BCUT2D eigenvalue weighted by atomic mass is 10.2. The van der Waals surface area contributed by atoms with Crippen LogP contribution in [0.1, 0.15) is 26.2 Å². The normalized spacial score (nSPS) is 20.0. The Bertz CT molecular complexity index is 606. The van der Waals surface area contributed by atoms with Crippen LogP contribution in [0, 0.1) is 0 Å². The summed E-state index contributed by atoms with van der Waals surface area (Å²) in [5, 5.41) is 3.64. The third kappa shape index (κ3) is 4.86. The summed E-state index contributed by atoms with van der Waals surface area (Å²) >= 11 is 0. The molecule has 27 heavy (non-hydrogen) atoms. The van der Waals surface area contributed by atoms with Gasteiger partial charge in [0.1, 0.15) is 5.75 Å². The Hall–Kier alpha value is -1.95. The van der Waals surface area contributed by atoms with E-state index < -0.39 is 0 Å². The molecule has 0 radical (unpaired) electrons. The Kier molecular flexibility index (Phi) is 7.21. The van der Waals surface area contributed by atoms with Gasteiger partial charge in [-0.2, -0.15) is 0 Å². The standard InChI is InChI=1S/C21H35N5O/c1-4-18(24-11-7-8-12-24)17-23-21(22-2)26-15-13-25(14-16-26)19-9-5-6-10-20(19)27-3/h5-6,9-10,18H,4,7-8,11-17H2,1-3H3,(H,22,23). The highest BCUT2D eigenvalue weighted by molar-refractivity contribution is 5.80. The number of hydrogen-bond donors (Lipinski definition) is 1. The average molecular weight is 374 g/mol.